The molecule has 0 spiro atoms. The standard InChI is InChI=1S/C8H17N3O2S/c1-2-6(5-8(9)10)11-14(12,13)7-3-4-7/h6-7,11H,2-5H2,1H3,(H3,9,10). The van der Waals surface area contributed by atoms with Gasteiger partial charge in [0.15, 0.2) is 0 Å². The Morgan fingerprint density at radius 1 is 1.64 bits per heavy atom. The molecule has 5 nitrogen and oxygen atoms in total. The van der Waals surface area contributed by atoms with Crippen molar-refractivity contribution in [2.75, 3.05) is 0 Å². The maximum Gasteiger partial charge on any atom is 0.214 e. The van der Waals surface area contributed by atoms with Crippen LogP contribution in [0.5, 0.6) is 0 Å². The summed E-state index contributed by atoms with van der Waals surface area (Å²) >= 11 is 0. The second-order valence-corrected chi connectivity index (χ2v) is 5.69. The Morgan fingerprint density at radius 3 is 2.57 bits per heavy atom. The molecular weight excluding hydrogens is 202 g/mol. The van der Waals surface area contributed by atoms with Gasteiger partial charge in [0.05, 0.1) is 11.1 Å². The zero-order valence-electron chi connectivity index (χ0n) is 8.29. The van der Waals surface area contributed by atoms with Gasteiger partial charge in [0.1, 0.15) is 0 Å². The van der Waals surface area contributed by atoms with E-state index < -0.39 is 10.0 Å². The zero-order valence-corrected chi connectivity index (χ0v) is 9.10. The average Bonchev–Trinajstić information content (AvgIpc) is 2.83. The van der Waals surface area contributed by atoms with E-state index >= 15 is 0 Å². The lowest BCUT2D eigenvalue weighted by Gasteiger charge is -2.15. The van der Waals surface area contributed by atoms with Crippen molar-refractivity contribution in [3.05, 3.63) is 0 Å². The third-order valence-corrected chi connectivity index (χ3v) is 4.26. The van der Waals surface area contributed by atoms with E-state index in [4.69, 9.17) is 11.1 Å². The Balaban J connectivity index is 2.50. The highest BCUT2D eigenvalue weighted by molar-refractivity contribution is 7.90. The van der Waals surface area contributed by atoms with E-state index in [1.807, 2.05) is 6.92 Å². The molecule has 82 valence electrons. The molecule has 0 amide bonds. The quantitative estimate of drug-likeness (QED) is 0.439. The van der Waals surface area contributed by atoms with Gasteiger partial charge >= 0.3 is 0 Å². The predicted octanol–water partition coefficient (Wildman–Crippen LogP) is 0.173. The Bertz CT molecular complexity index is 309. The van der Waals surface area contributed by atoms with E-state index in [9.17, 15) is 8.42 Å². The minimum absolute atomic E-state index is 0.0235. The topological polar surface area (TPSA) is 96.0 Å². The average molecular weight is 219 g/mol. The van der Waals surface area contributed by atoms with Gasteiger partial charge < -0.3 is 5.73 Å². The van der Waals surface area contributed by atoms with Gasteiger partial charge in [0, 0.05) is 12.5 Å². The fraction of sp³-hybridized carbons (Fsp3) is 0.875. The second-order valence-electron chi connectivity index (χ2n) is 3.70. The van der Waals surface area contributed by atoms with Gasteiger partial charge in [0.25, 0.3) is 0 Å². The fourth-order valence-electron chi connectivity index (χ4n) is 1.24. The largest absolute Gasteiger partial charge is 0.388 e. The highest BCUT2D eigenvalue weighted by Crippen LogP contribution is 2.27. The van der Waals surface area contributed by atoms with Crippen LogP contribution < -0.4 is 10.5 Å². The highest BCUT2D eigenvalue weighted by atomic mass is 32.2. The van der Waals surface area contributed by atoms with Crippen molar-refractivity contribution >= 4 is 15.9 Å². The van der Waals surface area contributed by atoms with Crippen LogP contribution in [0.2, 0.25) is 0 Å². The third kappa shape index (κ3) is 3.26. The van der Waals surface area contributed by atoms with E-state index in [-0.39, 0.29) is 17.1 Å². The van der Waals surface area contributed by atoms with Crippen LogP contribution in [0, 0.1) is 5.41 Å². The van der Waals surface area contributed by atoms with E-state index in [2.05, 4.69) is 4.72 Å². The first-order valence-corrected chi connectivity index (χ1v) is 6.34. The summed E-state index contributed by atoms with van der Waals surface area (Å²) in [6.45, 7) is 1.88. The molecule has 4 N–H and O–H groups in total. The van der Waals surface area contributed by atoms with Crippen LogP contribution in [0.3, 0.4) is 0 Å². The molecule has 0 aliphatic heterocycles. The third-order valence-electron chi connectivity index (χ3n) is 2.25. The number of nitrogens with two attached hydrogens (primary N) is 1. The normalized spacial score (nSPS) is 19.2. The minimum Gasteiger partial charge on any atom is -0.388 e. The van der Waals surface area contributed by atoms with Crippen LogP contribution in [0.25, 0.3) is 0 Å². The zero-order chi connectivity index (χ0) is 10.8. The summed E-state index contributed by atoms with van der Waals surface area (Å²) in [5.74, 6) is 0.0235. The van der Waals surface area contributed by atoms with Crippen molar-refractivity contribution in [3.63, 3.8) is 0 Å². The number of amidine groups is 1. The summed E-state index contributed by atoms with van der Waals surface area (Å²) in [7, 11) is -3.15. The van der Waals surface area contributed by atoms with Crippen molar-refractivity contribution in [1.82, 2.24) is 4.72 Å². The molecule has 0 saturated heterocycles. The molecule has 0 aromatic heterocycles. The summed E-state index contributed by atoms with van der Waals surface area (Å²) in [6.07, 6.45) is 2.46. The van der Waals surface area contributed by atoms with E-state index in [1.165, 1.54) is 0 Å². The summed E-state index contributed by atoms with van der Waals surface area (Å²) in [6, 6.07) is -0.224. The fourth-order valence-corrected chi connectivity index (χ4v) is 2.91. The summed E-state index contributed by atoms with van der Waals surface area (Å²) in [5, 5.41) is 6.90. The molecule has 1 atom stereocenters. The number of hydrogen-bond donors (Lipinski definition) is 3. The van der Waals surface area contributed by atoms with Gasteiger partial charge in [-0.1, -0.05) is 6.92 Å². The van der Waals surface area contributed by atoms with Crippen LogP contribution in [0.1, 0.15) is 32.6 Å². The van der Waals surface area contributed by atoms with Crippen LogP contribution in [-0.2, 0) is 10.0 Å². The molecule has 1 saturated carbocycles. The number of nitrogens with one attached hydrogen (secondary N) is 2. The van der Waals surface area contributed by atoms with Crippen molar-refractivity contribution < 1.29 is 8.42 Å². The van der Waals surface area contributed by atoms with Crippen LogP contribution in [-0.4, -0.2) is 25.5 Å². The van der Waals surface area contributed by atoms with E-state index in [1.54, 1.807) is 0 Å². The van der Waals surface area contributed by atoms with Gasteiger partial charge in [-0.2, -0.15) is 0 Å². The monoisotopic (exact) mass is 219 g/mol. The molecule has 1 rings (SSSR count). The van der Waals surface area contributed by atoms with Crippen molar-refractivity contribution in [1.29, 1.82) is 5.41 Å². The summed E-state index contributed by atoms with van der Waals surface area (Å²) < 4.78 is 25.6. The summed E-state index contributed by atoms with van der Waals surface area (Å²) in [4.78, 5) is 0. The molecule has 14 heavy (non-hydrogen) atoms. The van der Waals surface area contributed by atoms with E-state index in [0.717, 1.165) is 12.8 Å². The Kier molecular flexibility index (Phi) is 3.49. The first-order valence-electron chi connectivity index (χ1n) is 4.79. The van der Waals surface area contributed by atoms with Gasteiger partial charge in [0.2, 0.25) is 10.0 Å². The van der Waals surface area contributed by atoms with Crippen LogP contribution >= 0.6 is 0 Å². The van der Waals surface area contributed by atoms with Crippen molar-refractivity contribution in [2.45, 2.75) is 43.9 Å². The molecule has 0 aromatic rings. The number of sulfonamides is 1. The summed E-state index contributed by atoms with van der Waals surface area (Å²) in [5.41, 5.74) is 5.23. The van der Waals surface area contributed by atoms with Gasteiger partial charge in [-0.05, 0) is 19.3 Å². The first-order chi connectivity index (χ1) is 6.45. The van der Waals surface area contributed by atoms with Crippen LogP contribution in [0.4, 0.5) is 0 Å². The first kappa shape index (κ1) is 11.5. The predicted molar refractivity (Wildman–Crippen MR) is 55.7 cm³/mol. The van der Waals surface area contributed by atoms with E-state index in [0.29, 0.717) is 12.8 Å². The maximum atomic E-state index is 11.5. The molecule has 0 aromatic carbocycles. The van der Waals surface area contributed by atoms with Crippen LogP contribution in [0.15, 0.2) is 0 Å². The van der Waals surface area contributed by atoms with Gasteiger partial charge in [-0.15, -0.1) is 0 Å². The molecule has 1 unspecified atom stereocenters. The smallest absolute Gasteiger partial charge is 0.214 e. The van der Waals surface area contributed by atoms with Gasteiger partial charge in [-0.25, -0.2) is 13.1 Å². The lowest BCUT2D eigenvalue weighted by molar-refractivity contribution is 0.544. The lowest BCUT2D eigenvalue weighted by Crippen LogP contribution is -2.39. The molecule has 6 heteroatoms. The molecule has 1 aliphatic carbocycles. The number of rotatable bonds is 6. The molecule has 0 bridgehead atoms. The second kappa shape index (κ2) is 4.27. The Labute approximate surface area is 84.6 Å². The maximum absolute atomic E-state index is 11.5. The minimum atomic E-state index is -3.15. The SMILES string of the molecule is CCC(CC(=N)N)NS(=O)(=O)C1CC1. The molecule has 0 radical (unpaired) electrons. The molecule has 1 aliphatic rings. The Hall–Kier alpha value is -0.620. The molecule has 0 heterocycles. The molecular formula is C8H17N3O2S. The van der Waals surface area contributed by atoms with Gasteiger partial charge in [-0.3, -0.25) is 5.41 Å². The lowest BCUT2D eigenvalue weighted by atomic mass is 10.1. The number of hydrogen-bond acceptors (Lipinski definition) is 3. The molecule has 1 fully saturated rings. The van der Waals surface area contributed by atoms with Crippen molar-refractivity contribution in [2.24, 2.45) is 5.73 Å². The highest BCUT2D eigenvalue weighted by Gasteiger charge is 2.36. The Morgan fingerprint density at radius 2 is 2.21 bits per heavy atom. The van der Waals surface area contributed by atoms with Crippen molar-refractivity contribution in [3.8, 4) is 0 Å².